The number of carbonyl (C=O) groups excluding carboxylic acids is 2. The summed E-state index contributed by atoms with van der Waals surface area (Å²) in [6.07, 6.45) is 43.1. The Balaban J connectivity index is 4.20. The second-order valence-electron chi connectivity index (χ2n) is 14.2. The number of hydrogen-bond acceptors (Lipinski definition) is 8. The monoisotopic (exact) mass is 770 g/mol. The van der Waals surface area contributed by atoms with Crippen LogP contribution in [-0.4, -0.2) is 49.3 Å². The first-order valence-corrected chi connectivity index (χ1v) is 23.0. The van der Waals surface area contributed by atoms with Crippen LogP contribution in [-0.2, 0) is 32.7 Å². The van der Waals surface area contributed by atoms with E-state index < -0.39 is 26.5 Å². The summed E-state index contributed by atoms with van der Waals surface area (Å²) < 4.78 is 32.7. The van der Waals surface area contributed by atoms with Crippen molar-refractivity contribution in [2.45, 2.75) is 200 Å². The van der Waals surface area contributed by atoms with E-state index in [0.717, 1.165) is 57.8 Å². The van der Waals surface area contributed by atoms with Gasteiger partial charge in [-0.2, -0.15) is 0 Å². The molecule has 310 valence electrons. The maximum Gasteiger partial charge on any atom is 0.472 e. The van der Waals surface area contributed by atoms with Crippen LogP contribution in [0.4, 0.5) is 0 Å². The van der Waals surface area contributed by atoms with E-state index in [4.69, 9.17) is 24.3 Å². The van der Waals surface area contributed by atoms with E-state index in [9.17, 15) is 19.0 Å². The van der Waals surface area contributed by atoms with E-state index in [0.29, 0.717) is 6.42 Å². The minimum Gasteiger partial charge on any atom is -0.462 e. The Morgan fingerprint density at radius 1 is 0.566 bits per heavy atom. The van der Waals surface area contributed by atoms with Crippen molar-refractivity contribution in [3.8, 4) is 0 Å². The van der Waals surface area contributed by atoms with Gasteiger partial charge in [0.15, 0.2) is 6.10 Å². The molecule has 0 bridgehead atoms. The molecule has 0 aromatic rings. The van der Waals surface area contributed by atoms with Crippen LogP contribution < -0.4 is 5.73 Å². The topological polar surface area (TPSA) is 134 Å². The molecule has 0 radical (unpaired) electrons. The molecule has 9 nitrogen and oxygen atoms in total. The molecule has 1 unspecified atom stereocenters. The van der Waals surface area contributed by atoms with Gasteiger partial charge >= 0.3 is 19.8 Å². The number of esters is 2. The Kier molecular flexibility index (Phi) is 38.6. The first-order chi connectivity index (χ1) is 25.8. The summed E-state index contributed by atoms with van der Waals surface area (Å²) >= 11 is 0. The molecule has 0 aliphatic heterocycles. The van der Waals surface area contributed by atoms with Gasteiger partial charge in [-0.15, -0.1) is 0 Å². The van der Waals surface area contributed by atoms with Gasteiger partial charge in [-0.1, -0.05) is 166 Å². The van der Waals surface area contributed by atoms with Crippen LogP contribution in [0.2, 0.25) is 0 Å². The van der Waals surface area contributed by atoms with E-state index in [2.05, 4.69) is 50.3 Å². The summed E-state index contributed by atoms with van der Waals surface area (Å²) in [4.78, 5) is 34.8. The van der Waals surface area contributed by atoms with Crippen LogP contribution in [0.15, 0.2) is 36.5 Å². The maximum absolute atomic E-state index is 12.6. The highest BCUT2D eigenvalue weighted by Gasteiger charge is 2.26. The Morgan fingerprint density at radius 3 is 1.49 bits per heavy atom. The number of phosphoric acid groups is 1. The smallest absolute Gasteiger partial charge is 0.462 e. The van der Waals surface area contributed by atoms with Crippen LogP contribution in [0.5, 0.6) is 0 Å². The largest absolute Gasteiger partial charge is 0.472 e. The SMILES string of the molecule is CCCCC/C=C\C/C=C/C/C=C/CCCCCCC(=O)O[C@H](COC(=O)CCCCCCCCCCCCCCCCC)COP(=O)(O)OCCN. The molecule has 3 N–H and O–H groups in total. The average molecular weight is 770 g/mol. The molecule has 10 heteroatoms. The van der Waals surface area contributed by atoms with Gasteiger partial charge in [0.2, 0.25) is 0 Å². The van der Waals surface area contributed by atoms with Crippen molar-refractivity contribution in [3.63, 3.8) is 0 Å². The van der Waals surface area contributed by atoms with Crippen molar-refractivity contribution in [1.29, 1.82) is 0 Å². The molecule has 53 heavy (non-hydrogen) atoms. The van der Waals surface area contributed by atoms with E-state index in [1.54, 1.807) is 0 Å². The summed E-state index contributed by atoms with van der Waals surface area (Å²) in [5, 5.41) is 0. The zero-order valence-electron chi connectivity index (χ0n) is 34.0. The lowest BCUT2D eigenvalue weighted by Gasteiger charge is -2.19. The molecule has 0 heterocycles. The fourth-order valence-electron chi connectivity index (χ4n) is 5.82. The van der Waals surface area contributed by atoms with Crippen LogP contribution in [0.25, 0.3) is 0 Å². The first kappa shape index (κ1) is 51.2. The molecule has 0 saturated carbocycles. The van der Waals surface area contributed by atoms with Gasteiger partial charge in [-0.05, 0) is 51.4 Å². The average Bonchev–Trinajstić information content (AvgIpc) is 3.14. The molecule has 0 aromatic carbocycles. The van der Waals surface area contributed by atoms with Gasteiger partial charge in [0.1, 0.15) is 6.61 Å². The van der Waals surface area contributed by atoms with Crippen LogP contribution in [0.3, 0.4) is 0 Å². The Labute approximate surface area is 324 Å². The Hall–Kier alpha value is -1.77. The number of allylic oxidation sites excluding steroid dienone is 6. The Morgan fingerprint density at radius 2 is 0.981 bits per heavy atom. The predicted molar refractivity (Wildman–Crippen MR) is 220 cm³/mol. The predicted octanol–water partition coefficient (Wildman–Crippen LogP) is 12.2. The third-order valence-electron chi connectivity index (χ3n) is 9.03. The molecule has 2 atom stereocenters. The molecule has 0 aliphatic rings. The maximum atomic E-state index is 12.6. The van der Waals surface area contributed by atoms with Crippen LogP contribution >= 0.6 is 7.82 Å². The van der Waals surface area contributed by atoms with E-state index in [-0.39, 0.29) is 38.6 Å². The summed E-state index contributed by atoms with van der Waals surface area (Å²) in [7, 11) is -4.38. The van der Waals surface area contributed by atoms with Crippen molar-refractivity contribution in [2.24, 2.45) is 5.73 Å². The lowest BCUT2D eigenvalue weighted by atomic mass is 10.0. The number of unbranched alkanes of at least 4 members (excludes halogenated alkanes) is 21. The number of rotatable bonds is 40. The highest BCUT2D eigenvalue weighted by molar-refractivity contribution is 7.47. The van der Waals surface area contributed by atoms with Crippen molar-refractivity contribution in [2.75, 3.05) is 26.4 Å². The minimum absolute atomic E-state index is 0.0498. The zero-order chi connectivity index (χ0) is 38.9. The summed E-state index contributed by atoms with van der Waals surface area (Å²) in [6.45, 7) is 3.69. The quantitative estimate of drug-likeness (QED) is 0.0270. The summed E-state index contributed by atoms with van der Waals surface area (Å²) in [6, 6.07) is 0. The number of ether oxygens (including phenoxy) is 2. The standard InChI is InChI=1S/C43H80NO8P/c1-3-5-7-9-11-13-15-17-19-20-22-24-26-28-30-32-34-36-43(46)52-41(40-51-53(47,48)50-38-37-44)39-49-42(45)35-33-31-29-27-25-23-21-18-16-14-12-10-8-6-4-2/h11,13,17,19,22,24,41H,3-10,12,14-16,18,20-21,23,25-40,44H2,1-2H3,(H,47,48)/b13-11-,19-17+,24-22+/t41-/m1/s1. The van der Waals surface area contributed by atoms with E-state index >= 15 is 0 Å². The molecular weight excluding hydrogens is 689 g/mol. The fourth-order valence-corrected chi connectivity index (χ4v) is 6.58. The van der Waals surface area contributed by atoms with E-state index in [1.807, 2.05) is 0 Å². The minimum atomic E-state index is -4.38. The molecule has 0 fully saturated rings. The molecule has 0 saturated heterocycles. The van der Waals surface area contributed by atoms with Crippen LogP contribution in [0.1, 0.15) is 194 Å². The van der Waals surface area contributed by atoms with Gasteiger partial charge in [0, 0.05) is 19.4 Å². The van der Waals surface area contributed by atoms with Gasteiger partial charge in [0.05, 0.1) is 13.2 Å². The lowest BCUT2D eigenvalue weighted by Crippen LogP contribution is -2.29. The van der Waals surface area contributed by atoms with Crippen molar-refractivity contribution in [3.05, 3.63) is 36.5 Å². The lowest BCUT2D eigenvalue weighted by molar-refractivity contribution is -0.161. The van der Waals surface area contributed by atoms with Gasteiger partial charge < -0.3 is 20.1 Å². The molecule has 0 spiro atoms. The molecular formula is C43H80NO8P. The molecule has 0 amide bonds. The van der Waals surface area contributed by atoms with Gasteiger partial charge in [0.25, 0.3) is 0 Å². The summed E-state index contributed by atoms with van der Waals surface area (Å²) in [5.74, 6) is -0.849. The molecule has 0 aliphatic carbocycles. The van der Waals surface area contributed by atoms with Gasteiger partial charge in [-0.3, -0.25) is 18.6 Å². The van der Waals surface area contributed by atoms with Crippen molar-refractivity contribution >= 4 is 19.8 Å². The van der Waals surface area contributed by atoms with Crippen molar-refractivity contribution < 1.29 is 37.6 Å². The second kappa shape index (κ2) is 39.9. The number of carbonyl (C=O) groups is 2. The Bertz CT molecular complexity index is 970. The number of nitrogens with two attached hydrogens (primary N) is 1. The van der Waals surface area contributed by atoms with E-state index in [1.165, 1.54) is 103 Å². The fraction of sp³-hybridized carbons (Fsp3) is 0.814. The highest BCUT2D eigenvalue weighted by atomic mass is 31.2. The van der Waals surface area contributed by atoms with Crippen molar-refractivity contribution in [1.82, 2.24) is 0 Å². The highest BCUT2D eigenvalue weighted by Crippen LogP contribution is 2.43. The third-order valence-corrected chi connectivity index (χ3v) is 10.0. The number of phosphoric ester groups is 1. The van der Waals surface area contributed by atoms with Crippen LogP contribution in [0, 0.1) is 0 Å². The molecule has 0 rings (SSSR count). The normalized spacial score (nSPS) is 13.7. The number of hydrogen-bond donors (Lipinski definition) is 2. The summed E-state index contributed by atoms with van der Waals surface area (Å²) in [5.41, 5.74) is 5.34. The second-order valence-corrected chi connectivity index (χ2v) is 15.7. The molecule has 0 aromatic heterocycles. The zero-order valence-corrected chi connectivity index (χ0v) is 34.9. The van der Waals surface area contributed by atoms with Gasteiger partial charge in [-0.25, -0.2) is 4.57 Å². The third kappa shape index (κ3) is 39.7. The first-order valence-electron chi connectivity index (χ1n) is 21.5.